The van der Waals surface area contributed by atoms with E-state index in [1.165, 1.54) is 6.92 Å². The molecule has 0 bridgehead atoms. The van der Waals surface area contributed by atoms with Gasteiger partial charge in [-0.1, -0.05) is 24.3 Å². The van der Waals surface area contributed by atoms with Crippen molar-refractivity contribution in [3.8, 4) is 17.2 Å². The molecule has 3 aromatic carbocycles. The van der Waals surface area contributed by atoms with E-state index >= 15 is 0 Å². The molecule has 1 aliphatic heterocycles. The van der Waals surface area contributed by atoms with Gasteiger partial charge in [-0.15, -0.1) is 0 Å². The maximum atomic E-state index is 13.6. The highest BCUT2D eigenvalue weighted by Gasteiger charge is 2.37. The first-order valence-electron chi connectivity index (χ1n) is 10.4. The van der Waals surface area contributed by atoms with Crippen LogP contribution in [-0.2, 0) is 11.3 Å². The summed E-state index contributed by atoms with van der Waals surface area (Å²) in [5.41, 5.74) is 2.97. The molecule has 0 spiro atoms. The Kier molecular flexibility index (Phi) is 5.55. The lowest BCUT2D eigenvalue weighted by atomic mass is 9.99. The zero-order valence-electron chi connectivity index (χ0n) is 18.2. The Morgan fingerprint density at radius 1 is 1.00 bits per heavy atom. The van der Waals surface area contributed by atoms with Crippen LogP contribution in [0.5, 0.6) is 17.2 Å². The first-order chi connectivity index (χ1) is 15.0. The van der Waals surface area contributed by atoms with Gasteiger partial charge in [-0.2, -0.15) is 0 Å². The van der Waals surface area contributed by atoms with E-state index in [4.69, 9.17) is 14.2 Å². The van der Waals surface area contributed by atoms with Crippen LogP contribution in [-0.4, -0.2) is 25.1 Å². The van der Waals surface area contributed by atoms with E-state index in [-0.39, 0.29) is 11.9 Å². The summed E-state index contributed by atoms with van der Waals surface area (Å²) in [5, 5.41) is 1.80. The Balaban J connectivity index is 1.86. The number of carbonyl (C=O) groups excluding carboxylic acids is 2. The molecule has 0 saturated heterocycles. The Bertz CT molecular complexity index is 1180. The summed E-state index contributed by atoms with van der Waals surface area (Å²) >= 11 is 0. The zero-order chi connectivity index (χ0) is 22.1. The van der Waals surface area contributed by atoms with Crippen molar-refractivity contribution in [2.45, 2.75) is 34.2 Å². The first-order valence-corrected chi connectivity index (χ1v) is 10.4. The summed E-state index contributed by atoms with van der Waals surface area (Å²) in [7, 11) is 0. The number of rotatable bonds is 6. The number of hydrogen-bond acceptors (Lipinski definition) is 5. The fraction of sp³-hybridized carbons (Fsp3) is 0.280. The van der Waals surface area contributed by atoms with Gasteiger partial charge in [0.1, 0.15) is 17.2 Å². The van der Waals surface area contributed by atoms with Crippen LogP contribution in [0.3, 0.4) is 0 Å². The van der Waals surface area contributed by atoms with Gasteiger partial charge in [-0.25, -0.2) is 0 Å². The lowest BCUT2D eigenvalue weighted by Crippen LogP contribution is -2.24. The largest absolute Gasteiger partial charge is 0.493 e. The number of hydrogen-bond donors (Lipinski definition) is 0. The smallest absolute Gasteiger partial charge is 0.308 e. The van der Waals surface area contributed by atoms with Gasteiger partial charge in [-0.05, 0) is 44.5 Å². The standard InChI is InChI=1S/C25H25NO5/c1-5-29-23-18-9-7-8-10-19(18)24(30-6-2)22-20(23)14-26(25(22)28)21-12-11-17(13-15(21)3)31-16(4)27/h7-13H,5-6,14H2,1-4H3. The number of nitrogens with zero attached hydrogens (tertiary/aromatic N) is 1. The molecule has 1 heterocycles. The maximum Gasteiger partial charge on any atom is 0.308 e. The fourth-order valence-corrected chi connectivity index (χ4v) is 4.13. The number of aryl methyl sites for hydroxylation is 1. The molecule has 6 nitrogen and oxygen atoms in total. The molecule has 0 aromatic heterocycles. The number of benzene rings is 3. The normalized spacial score (nSPS) is 12.8. The van der Waals surface area contributed by atoms with Crippen molar-refractivity contribution >= 4 is 28.3 Å². The SMILES string of the molecule is CCOc1c2c(c(OCC)c3ccccc13)C(=O)N(c1ccc(OC(C)=O)cc1C)C2. The minimum absolute atomic E-state index is 0.131. The Labute approximate surface area is 181 Å². The molecule has 3 aromatic rings. The van der Waals surface area contributed by atoms with E-state index < -0.39 is 0 Å². The Hall–Kier alpha value is -3.54. The second-order valence-corrected chi connectivity index (χ2v) is 7.36. The molecule has 0 atom stereocenters. The maximum absolute atomic E-state index is 13.6. The van der Waals surface area contributed by atoms with Crippen molar-refractivity contribution in [3.05, 3.63) is 59.2 Å². The third-order valence-electron chi connectivity index (χ3n) is 5.29. The molecule has 6 heteroatoms. The summed E-state index contributed by atoms with van der Waals surface area (Å²) < 4.78 is 17.2. The van der Waals surface area contributed by atoms with Crippen LogP contribution < -0.4 is 19.1 Å². The molecule has 0 fully saturated rings. The lowest BCUT2D eigenvalue weighted by Gasteiger charge is -2.19. The van der Waals surface area contributed by atoms with Crippen LogP contribution in [0.4, 0.5) is 5.69 Å². The molecule has 31 heavy (non-hydrogen) atoms. The molecular formula is C25H25NO5. The summed E-state index contributed by atoms with van der Waals surface area (Å²) in [6.07, 6.45) is 0. The van der Waals surface area contributed by atoms with Crippen LogP contribution in [0.1, 0.15) is 42.3 Å². The topological polar surface area (TPSA) is 65.1 Å². The molecular weight excluding hydrogens is 394 g/mol. The molecule has 1 aliphatic rings. The predicted molar refractivity (Wildman–Crippen MR) is 119 cm³/mol. The van der Waals surface area contributed by atoms with Crippen LogP contribution in [0.15, 0.2) is 42.5 Å². The summed E-state index contributed by atoms with van der Waals surface area (Å²) in [6.45, 7) is 8.42. The average Bonchev–Trinajstić information content (AvgIpc) is 3.07. The second-order valence-electron chi connectivity index (χ2n) is 7.36. The number of ether oxygens (including phenoxy) is 3. The third kappa shape index (κ3) is 3.58. The number of anilines is 1. The molecule has 160 valence electrons. The highest BCUT2D eigenvalue weighted by molar-refractivity contribution is 6.17. The quantitative estimate of drug-likeness (QED) is 0.414. The van der Waals surface area contributed by atoms with Gasteiger partial charge in [0.25, 0.3) is 5.91 Å². The molecule has 0 radical (unpaired) electrons. The van der Waals surface area contributed by atoms with E-state index in [9.17, 15) is 9.59 Å². The minimum atomic E-state index is -0.383. The molecule has 4 rings (SSSR count). The van der Waals surface area contributed by atoms with Crippen LogP contribution in [0.25, 0.3) is 10.8 Å². The first kappa shape index (κ1) is 20.7. The number of amides is 1. The zero-order valence-corrected chi connectivity index (χ0v) is 18.2. The molecule has 0 unspecified atom stereocenters. The third-order valence-corrected chi connectivity index (χ3v) is 5.29. The minimum Gasteiger partial charge on any atom is -0.493 e. The van der Waals surface area contributed by atoms with Crippen LogP contribution >= 0.6 is 0 Å². The van der Waals surface area contributed by atoms with Gasteiger partial charge < -0.3 is 19.1 Å². The van der Waals surface area contributed by atoms with Crippen molar-refractivity contribution in [3.63, 3.8) is 0 Å². The predicted octanol–water partition coefficient (Wildman–Crippen LogP) is 5.03. The lowest BCUT2D eigenvalue weighted by molar-refractivity contribution is -0.131. The fourth-order valence-electron chi connectivity index (χ4n) is 4.13. The van der Waals surface area contributed by atoms with Gasteiger partial charge >= 0.3 is 5.97 Å². The van der Waals surface area contributed by atoms with Gasteiger partial charge in [0.15, 0.2) is 0 Å². The number of esters is 1. The van der Waals surface area contributed by atoms with Crippen molar-refractivity contribution in [2.75, 3.05) is 18.1 Å². The summed E-state index contributed by atoms with van der Waals surface area (Å²) in [5.74, 6) is 1.26. The number of fused-ring (bicyclic) bond motifs is 2. The summed E-state index contributed by atoms with van der Waals surface area (Å²) in [4.78, 5) is 26.6. The van der Waals surface area contributed by atoms with Crippen molar-refractivity contribution in [1.29, 1.82) is 0 Å². The van der Waals surface area contributed by atoms with E-state index in [0.717, 1.165) is 33.3 Å². The Morgan fingerprint density at radius 2 is 1.65 bits per heavy atom. The van der Waals surface area contributed by atoms with Gasteiger partial charge in [0, 0.05) is 28.9 Å². The molecule has 1 amide bonds. The van der Waals surface area contributed by atoms with Crippen LogP contribution in [0.2, 0.25) is 0 Å². The monoisotopic (exact) mass is 419 g/mol. The summed E-state index contributed by atoms with van der Waals surface area (Å²) in [6, 6.07) is 13.1. The highest BCUT2D eigenvalue weighted by Crippen LogP contribution is 2.46. The average molecular weight is 419 g/mol. The van der Waals surface area contributed by atoms with E-state index in [0.29, 0.717) is 36.8 Å². The van der Waals surface area contributed by atoms with E-state index in [2.05, 4.69) is 0 Å². The van der Waals surface area contributed by atoms with E-state index in [1.54, 1.807) is 23.1 Å². The van der Waals surface area contributed by atoms with Gasteiger partial charge in [-0.3, -0.25) is 9.59 Å². The Morgan fingerprint density at radius 3 is 2.26 bits per heavy atom. The van der Waals surface area contributed by atoms with E-state index in [1.807, 2.05) is 45.0 Å². The van der Waals surface area contributed by atoms with Gasteiger partial charge in [0.2, 0.25) is 0 Å². The highest BCUT2D eigenvalue weighted by atomic mass is 16.5. The molecule has 0 aliphatic carbocycles. The van der Waals surface area contributed by atoms with Crippen molar-refractivity contribution in [2.24, 2.45) is 0 Å². The second kappa shape index (κ2) is 8.30. The van der Waals surface area contributed by atoms with Crippen LogP contribution in [0, 0.1) is 6.92 Å². The number of carbonyl (C=O) groups is 2. The van der Waals surface area contributed by atoms with Gasteiger partial charge in [0.05, 0.1) is 25.3 Å². The molecule has 0 saturated carbocycles. The van der Waals surface area contributed by atoms with Crippen molar-refractivity contribution < 1.29 is 23.8 Å². The molecule has 0 N–H and O–H groups in total. The van der Waals surface area contributed by atoms with Crippen molar-refractivity contribution in [1.82, 2.24) is 0 Å².